The number of carboxylic acids is 1. The van der Waals surface area contributed by atoms with E-state index in [1.165, 1.54) is 6.92 Å². The third kappa shape index (κ3) is 3.02. The van der Waals surface area contributed by atoms with Crippen molar-refractivity contribution in [2.75, 3.05) is 13.1 Å². The van der Waals surface area contributed by atoms with Crippen molar-refractivity contribution >= 4 is 16.0 Å². The van der Waals surface area contributed by atoms with E-state index < -0.39 is 21.0 Å². The summed E-state index contributed by atoms with van der Waals surface area (Å²) in [5.74, 6) is -1.32. The smallest absolute Gasteiger partial charge is 0.340 e. The number of nitrogens with zero attached hydrogens (tertiary/aromatic N) is 2. The lowest BCUT2D eigenvalue weighted by molar-refractivity contribution is 0.0691. The molecular formula is C11H17N3O4S. The zero-order valence-corrected chi connectivity index (χ0v) is 11.9. The first-order valence-corrected chi connectivity index (χ1v) is 7.08. The number of hydrogen-bond donors (Lipinski definition) is 2. The van der Waals surface area contributed by atoms with Crippen molar-refractivity contribution in [2.45, 2.75) is 25.8 Å². The first-order valence-electron chi connectivity index (χ1n) is 5.64. The van der Waals surface area contributed by atoms with E-state index in [1.807, 2.05) is 0 Å². The normalized spacial score (nSPS) is 11.8. The maximum absolute atomic E-state index is 12.4. The number of carboxylic acid groups (broad SMARTS) is 1. The van der Waals surface area contributed by atoms with Gasteiger partial charge >= 0.3 is 5.97 Å². The number of nitrogens with one attached hydrogen (secondary N) is 1. The van der Waals surface area contributed by atoms with E-state index in [4.69, 9.17) is 5.11 Å². The molecule has 1 rings (SSSR count). The van der Waals surface area contributed by atoms with Crippen LogP contribution in [0.15, 0.2) is 17.2 Å². The van der Waals surface area contributed by atoms with Crippen LogP contribution in [0.2, 0.25) is 0 Å². The summed E-state index contributed by atoms with van der Waals surface area (Å²) in [6.07, 6.45) is 0. The van der Waals surface area contributed by atoms with E-state index in [9.17, 15) is 13.2 Å². The van der Waals surface area contributed by atoms with Gasteiger partial charge in [0.1, 0.15) is 5.56 Å². The van der Waals surface area contributed by atoms with Crippen LogP contribution in [-0.4, -0.2) is 47.1 Å². The number of rotatable bonds is 6. The molecule has 0 aliphatic rings. The Kier molecular flexibility index (Phi) is 4.48. The van der Waals surface area contributed by atoms with Crippen molar-refractivity contribution in [1.82, 2.24) is 14.5 Å². The molecule has 0 aromatic carbocycles. The number of hydrogen-bond acceptors (Lipinski definition) is 4. The quantitative estimate of drug-likeness (QED) is 0.760. The molecule has 0 spiro atoms. The summed E-state index contributed by atoms with van der Waals surface area (Å²) in [5.41, 5.74) is 0.548. The number of aromatic nitrogens is 2. The fourth-order valence-electron chi connectivity index (χ4n) is 1.64. The van der Waals surface area contributed by atoms with E-state index in [0.717, 1.165) is 4.31 Å². The van der Waals surface area contributed by atoms with Gasteiger partial charge in [-0.1, -0.05) is 19.1 Å². The summed E-state index contributed by atoms with van der Waals surface area (Å²) in [6.45, 7) is 8.83. The Balaban J connectivity index is 3.34. The zero-order valence-electron chi connectivity index (χ0n) is 11.1. The third-order valence-corrected chi connectivity index (χ3v) is 4.36. The lowest BCUT2D eigenvalue weighted by Gasteiger charge is -2.19. The van der Waals surface area contributed by atoms with Crippen LogP contribution in [0.25, 0.3) is 0 Å². The highest BCUT2D eigenvalue weighted by Gasteiger charge is 2.32. The first kappa shape index (κ1) is 15.4. The molecule has 7 nitrogen and oxygen atoms in total. The Morgan fingerprint density at radius 1 is 1.53 bits per heavy atom. The van der Waals surface area contributed by atoms with Gasteiger partial charge in [0.15, 0.2) is 0 Å². The van der Waals surface area contributed by atoms with Gasteiger partial charge in [-0.25, -0.2) is 13.2 Å². The molecule has 1 heterocycles. The van der Waals surface area contributed by atoms with Gasteiger partial charge < -0.3 is 5.11 Å². The van der Waals surface area contributed by atoms with Crippen LogP contribution < -0.4 is 0 Å². The molecule has 0 saturated heterocycles. The largest absolute Gasteiger partial charge is 0.478 e. The van der Waals surface area contributed by atoms with E-state index in [2.05, 4.69) is 16.8 Å². The lowest BCUT2D eigenvalue weighted by atomic mass is 10.3. The minimum atomic E-state index is -3.95. The van der Waals surface area contributed by atoms with E-state index in [-0.39, 0.29) is 24.3 Å². The first-order chi connectivity index (χ1) is 8.71. The molecule has 0 aliphatic heterocycles. The van der Waals surface area contributed by atoms with Crippen molar-refractivity contribution in [1.29, 1.82) is 0 Å². The second-order valence-electron chi connectivity index (χ2n) is 4.22. The van der Waals surface area contributed by atoms with E-state index in [1.54, 1.807) is 13.8 Å². The number of sulfonamides is 1. The average molecular weight is 287 g/mol. The molecule has 0 fully saturated rings. The standard InChI is InChI=1S/C11H17N3O4S/c1-5-14(6-7(2)3)19(17,18)10-9(11(15)16)8(4)12-13-10/h2,5-6H2,1,3-4H3,(H,12,13)(H,15,16). The summed E-state index contributed by atoms with van der Waals surface area (Å²) < 4.78 is 25.9. The van der Waals surface area contributed by atoms with Gasteiger partial charge in [0.2, 0.25) is 5.03 Å². The Labute approximate surface area is 112 Å². The highest BCUT2D eigenvalue weighted by molar-refractivity contribution is 7.89. The van der Waals surface area contributed by atoms with Gasteiger partial charge in [-0.15, -0.1) is 0 Å². The SMILES string of the molecule is C=C(C)CN(CC)S(=O)(=O)c1n[nH]c(C)c1C(=O)O. The van der Waals surface area contributed by atoms with Gasteiger partial charge in [-0.05, 0) is 13.8 Å². The van der Waals surface area contributed by atoms with Crippen LogP contribution in [0.1, 0.15) is 29.9 Å². The second kappa shape index (κ2) is 5.54. The summed E-state index contributed by atoms with van der Waals surface area (Å²) >= 11 is 0. The van der Waals surface area contributed by atoms with Gasteiger partial charge in [-0.2, -0.15) is 9.40 Å². The second-order valence-corrected chi connectivity index (χ2v) is 6.08. The van der Waals surface area contributed by atoms with Crippen LogP contribution >= 0.6 is 0 Å². The maximum Gasteiger partial charge on any atom is 0.340 e. The predicted molar refractivity (Wildman–Crippen MR) is 69.5 cm³/mol. The highest BCUT2D eigenvalue weighted by atomic mass is 32.2. The summed E-state index contributed by atoms with van der Waals surface area (Å²) in [6, 6.07) is 0. The van der Waals surface area contributed by atoms with Gasteiger partial charge in [-0.3, -0.25) is 5.10 Å². The molecule has 19 heavy (non-hydrogen) atoms. The van der Waals surface area contributed by atoms with Crippen LogP contribution in [0.3, 0.4) is 0 Å². The van der Waals surface area contributed by atoms with E-state index >= 15 is 0 Å². The van der Waals surface area contributed by atoms with Gasteiger partial charge in [0.05, 0.1) is 0 Å². The van der Waals surface area contributed by atoms with Crippen LogP contribution in [0.5, 0.6) is 0 Å². The van der Waals surface area contributed by atoms with Gasteiger partial charge in [0, 0.05) is 18.8 Å². The molecule has 0 atom stereocenters. The Morgan fingerprint density at radius 2 is 2.11 bits per heavy atom. The summed E-state index contributed by atoms with van der Waals surface area (Å²) in [4.78, 5) is 11.1. The molecule has 0 unspecified atom stereocenters. The number of aromatic carboxylic acids is 1. The average Bonchev–Trinajstić information content (AvgIpc) is 2.68. The molecule has 2 N–H and O–H groups in total. The number of aryl methyl sites for hydroxylation is 1. The van der Waals surface area contributed by atoms with Crippen molar-refractivity contribution in [3.8, 4) is 0 Å². The monoisotopic (exact) mass is 287 g/mol. The minimum Gasteiger partial charge on any atom is -0.478 e. The molecule has 0 bridgehead atoms. The Bertz CT molecular complexity index is 603. The number of carbonyl (C=O) groups is 1. The number of aromatic amines is 1. The van der Waals surface area contributed by atoms with Crippen molar-refractivity contribution in [2.24, 2.45) is 0 Å². The molecule has 106 valence electrons. The van der Waals surface area contributed by atoms with Gasteiger partial charge in [0.25, 0.3) is 10.0 Å². The Hall–Kier alpha value is -1.67. The predicted octanol–water partition coefficient (Wildman–Crippen LogP) is 1.00. The highest BCUT2D eigenvalue weighted by Crippen LogP contribution is 2.21. The fraction of sp³-hybridized carbons (Fsp3) is 0.455. The summed E-state index contributed by atoms with van der Waals surface area (Å²) in [5, 5.41) is 14.6. The van der Waals surface area contributed by atoms with Crippen molar-refractivity contribution in [3.63, 3.8) is 0 Å². The topological polar surface area (TPSA) is 103 Å². The lowest BCUT2D eigenvalue weighted by Crippen LogP contribution is -2.33. The van der Waals surface area contributed by atoms with E-state index in [0.29, 0.717) is 5.57 Å². The molecule has 1 aromatic rings. The molecule has 1 aromatic heterocycles. The third-order valence-electron chi connectivity index (χ3n) is 2.51. The molecule has 0 aliphatic carbocycles. The zero-order chi connectivity index (χ0) is 14.8. The molecule has 8 heteroatoms. The van der Waals surface area contributed by atoms with Crippen LogP contribution in [0, 0.1) is 6.92 Å². The molecular weight excluding hydrogens is 270 g/mol. The number of likely N-dealkylation sites (N-methyl/N-ethyl adjacent to an activating group) is 1. The fourth-order valence-corrected chi connectivity index (χ4v) is 3.27. The van der Waals surface area contributed by atoms with Crippen LogP contribution in [0.4, 0.5) is 0 Å². The molecule has 0 saturated carbocycles. The van der Waals surface area contributed by atoms with Crippen molar-refractivity contribution in [3.05, 3.63) is 23.4 Å². The maximum atomic E-state index is 12.4. The number of H-pyrrole nitrogens is 1. The molecule has 0 radical (unpaired) electrons. The Morgan fingerprint density at radius 3 is 2.53 bits per heavy atom. The van der Waals surface area contributed by atoms with Crippen molar-refractivity contribution < 1.29 is 18.3 Å². The minimum absolute atomic E-state index is 0.129. The van der Waals surface area contributed by atoms with Crippen LogP contribution in [-0.2, 0) is 10.0 Å². The molecule has 0 amide bonds. The summed E-state index contributed by atoms with van der Waals surface area (Å²) in [7, 11) is -3.95.